The molecule has 0 radical (unpaired) electrons. The summed E-state index contributed by atoms with van der Waals surface area (Å²) in [5, 5.41) is 2.38. The van der Waals surface area contributed by atoms with E-state index < -0.39 is 17.5 Å². The Balaban J connectivity index is 2.27. The van der Waals surface area contributed by atoms with Gasteiger partial charge in [0.15, 0.2) is 0 Å². The minimum absolute atomic E-state index is 0.268. The van der Waals surface area contributed by atoms with Crippen molar-refractivity contribution in [1.29, 1.82) is 0 Å². The topological polar surface area (TPSA) is 68.0 Å². The van der Waals surface area contributed by atoms with Crippen LogP contribution in [0.4, 0.5) is 20.3 Å². The van der Waals surface area contributed by atoms with Gasteiger partial charge in [-0.1, -0.05) is 6.07 Å². The Morgan fingerprint density at radius 1 is 1.22 bits per heavy atom. The van der Waals surface area contributed by atoms with Crippen LogP contribution in [0.3, 0.4) is 0 Å². The predicted octanol–water partition coefficient (Wildman–Crippen LogP) is 2.19. The van der Waals surface area contributed by atoms with Crippen molar-refractivity contribution in [3.05, 3.63) is 53.7 Å². The molecule has 0 aliphatic heterocycles. The van der Waals surface area contributed by atoms with E-state index in [0.717, 1.165) is 6.07 Å². The molecule has 2 rings (SSSR count). The smallest absolute Gasteiger partial charge is 0.259 e. The lowest BCUT2D eigenvalue weighted by molar-refractivity contribution is 0.102. The highest BCUT2D eigenvalue weighted by molar-refractivity contribution is 6.04. The third kappa shape index (κ3) is 2.42. The summed E-state index contributed by atoms with van der Waals surface area (Å²) in [5.74, 6) is -2.35. The summed E-state index contributed by atoms with van der Waals surface area (Å²) in [6.45, 7) is 0. The minimum atomic E-state index is -0.977. The standard InChI is InChI=1S/C12H9F2N3O/c13-8-6-9(14)10(15)5-7(8)12(18)17-11-3-1-2-4-16-11/h1-6H,15H2,(H,16,17,18). The fourth-order valence-corrected chi connectivity index (χ4v) is 1.36. The van der Waals surface area contributed by atoms with Gasteiger partial charge in [0.25, 0.3) is 5.91 Å². The Morgan fingerprint density at radius 3 is 2.67 bits per heavy atom. The third-order valence-corrected chi connectivity index (χ3v) is 2.24. The van der Waals surface area contributed by atoms with Crippen molar-refractivity contribution in [3.63, 3.8) is 0 Å². The number of halogens is 2. The zero-order valence-electron chi connectivity index (χ0n) is 9.15. The summed E-state index contributed by atoms with van der Waals surface area (Å²) in [6.07, 6.45) is 1.48. The average Bonchev–Trinajstić information content (AvgIpc) is 2.35. The van der Waals surface area contributed by atoms with Crippen LogP contribution < -0.4 is 11.1 Å². The molecule has 1 aromatic heterocycles. The Bertz CT molecular complexity index is 587. The van der Waals surface area contributed by atoms with E-state index in [9.17, 15) is 13.6 Å². The van der Waals surface area contributed by atoms with Crippen molar-refractivity contribution in [2.75, 3.05) is 11.1 Å². The van der Waals surface area contributed by atoms with E-state index in [-0.39, 0.29) is 17.1 Å². The van der Waals surface area contributed by atoms with Gasteiger partial charge in [-0.15, -0.1) is 0 Å². The molecule has 92 valence electrons. The van der Waals surface area contributed by atoms with Gasteiger partial charge in [0.05, 0.1) is 11.3 Å². The fraction of sp³-hybridized carbons (Fsp3) is 0. The van der Waals surface area contributed by atoms with E-state index in [4.69, 9.17) is 5.73 Å². The number of rotatable bonds is 2. The molecule has 0 atom stereocenters. The lowest BCUT2D eigenvalue weighted by atomic mass is 10.1. The number of pyridine rings is 1. The minimum Gasteiger partial charge on any atom is -0.396 e. The second-order valence-electron chi connectivity index (χ2n) is 3.52. The molecule has 4 nitrogen and oxygen atoms in total. The van der Waals surface area contributed by atoms with E-state index >= 15 is 0 Å². The molecule has 0 aliphatic carbocycles. The number of benzene rings is 1. The number of carbonyl (C=O) groups is 1. The van der Waals surface area contributed by atoms with Crippen LogP contribution >= 0.6 is 0 Å². The van der Waals surface area contributed by atoms with Gasteiger partial charge in [-0.05, 0) is 18.2 Å². The molecular weight excluding hydrogens is 240 g/mol. The second kappa shape index (κ2) is 4.79. The number of hydrogen-bond acceptors (Lipinski definition) is 3. The summed E-state index contributed by atoms with van der Waals surface area (Å²) < 4.78 is 26.3. The normalized spacial score (nSPS) is 10.1. The number of nitrogens with one attached hydrogen (secondary N) is 1. The maximum absolute atomic E-state index is 13.4. The van der Waals surface area contributed by atoms with Crippen molar-refractivity contribution in [1.82, 2.24) is 4.98 Å². The molecule has 1 heterocycles. The predicted molar refractivity (Wildman–Crippen MR) is 63.0 cm³/mol. The van der Waals surface area contributed by atoms with Crippen LogP contribution in [0.2, 0.25) is 0 Å². The monoisotopic (exact) mass is 249 g/mol. The number of nitrogens with zero attached hydrogens (tertiary/aromatic N) is 1. The number of nitrogens with two attached hydrogens (primary N) is 1. The SMILES string of the molecule is Nc1cc(C(=O)Nc2ccccn2)c(F)cc1F. The average molecular weight is 249 g/mol. The van der Waals surface area contributed by atoms with Crippen LogP contribution in [0.5, 0.6) is 0 Å². The van der Waals surface area contributed by atoms with Gasteiger partial charge < -0.3 is 11.1 Å². The highest BCUT2D eigenvalue weighted by Crippen LogP contribution is 2.17. The van der Waals surface area contributed by atoms with Crippen molar-refractivity contribution in [2.24, 2.45) is 0 Å². The first kappa shape index (κ1) is 12.0. The van der Waals surface area contributed by atoms with Gasteiger partial charge in [0.1, 0.15) is 17.5 Å². The molecule has 0 fully saturated rings. The molecule has 3 N–H and O–H groups in total. The van der Waals surface area contributed by atoms with Gasteiger partial charge in [-0.25, -0.2) is 13.8 Å². The zero-order chi connectivity index (χ0) is 13.1. The van der Waals surface area contributed by atoms with Crippen molar-refractivity contribution in [2.45, 2.75) is 0 Å². The van der Waals surface area contributed by atoms with E-state index in [1.54, 1.807) is 18.2 Å². The van der Waals surface area contributed by atoms with E-state index in [0.29, 0.717) is 6.07 Å². The molecule has 0 unspecified atom stereocenters. The first-order valence-electron chi connectivity index (χ1n) is 5.05. The molecule has 2 aromatic rings. The third-order valence-electron chi connectivity index (χ3n) is 2.24. The van der Waals surface area contributed by atoms with Crippen molar-refractivity contribution >= 4 is 17.4 Å². The Labute approximate surface area is 101 Å². The summed E-state index contributed by atoms with van der Waals surface area (Å²) in [4.78, 5) is 15.6. The summed E-state index contributed by atoms with van der Waals surface area (Å²) >= 11 is 0. The number of aromatic nitrogens is 1. The van der Waals surface area contributed by atoms with Gasteiger partial charge in [0.2, 0.25) is 0 Å². The lowest BCUT2D eigenvalue weighted by Crippen LogP contribution is -2.15. The van der Waals surface area contributed by atoms with Gasteiger partial charge in [-0.3, -0.25) is 4.79 Å². The molecule has 0 saturated heterocycles. The highest BCUT2D eigenvalue weighted by atomic mass is 19.1. The van der Waals surface area contributed by atoms with Gasteiger partial charge in [-0.2, -0.15) is 0 Å². The molecule has 0 bridgehead atoms. The molecule has 1 amide bonds. The van der Waals surface area contributed by atoms with Crippen LogP contribution in [0.15, 0.2) is 36.5 Å². The number of amides is 1. The molecule has 18 heavy (non-hydrogen) atoms. The maximum atomic E-state index is 13.4. The first-order chi connectivity index (χ1) is 8.58. The molecule has 0 aliphatic rings. The first-order valence-corrected chi connectivity index (χ1v) is 5.05. The number of carbonyl (C=O) groups excluding carboxylic acids is 1. The largest absolute Gasteiger partial charge is 0.396 e. The Kier molecular flexibility index (Phi) is 3.18. The highest BCUT2D eigenvalue weighted by Gasteiger charge is 2.15. The van der Waals surface area contributed by atoms with Crippen LogP contribution in [0.25, 0.3) is 0 Å². The summed E-state index contributed by atoms with van der Waals surface area (Å²) in [5.41, 5.74) is 4.66. The van der Waals surface area contributed by atoms with E-state index in [1.165, 1.54) is 6.20 Å². The molecule has 0 saturated carbocycles. The number of nitrogen functional groups attached to an aromatic ring is 1. The van der Waals surface area contributed by atoms with E-state index in [2.05, 4.69) is 10.3 Å². The molecular formula is C12H9F2N3O. The molecule has 6 heteroatoms. The molecule has 0 spiro atoms. The van der Waals surface area contributed by atoms with Gasteiger partial charge >= 0.3 is 0 Å². The number of hydrogen-bond donors (Lipinski definition) is 2. The van der Waals surface area contributed by atoms with E-state index in [1.807, 2.05) is 0 Å². The van der Waals surface area contributed by atoms with Crippen molar-refractivity contribution < 1.29 is 13.6 Å². The maximum Gasteiger partial charge on any atom is 0.259 e. The fourth-order valence-electron chi connectivity index (χ4n) is 1.36. The van der Waals surface area contributed by atoms with Crippen molar-refractivity contribution in [3.8, 4) is 0 Å². The Hall–Kier alpha value is -2.50. The van der Waals surface area contributed by atoms with Crippen LogP contribution in [-0.4, -0.2) is 10.9 Å². The van der Waals surface area contributed by atoms with Crippen LogP contribution in [0, 0.1) is 11.6 Å². The van der Waals surface area contributed by atoms with Gasteiger partial charge in [0, 0.05) is 12.3 Å². The summed E-state index contributed by atoms with van der Waals surface area (Å²) in [7, 11) is 0. The van der Waals surface area contributed by atoms with Crippen LogP contribution in [0.1, 0.15) is 10.4 Å². The molecule has 1 aromatic carbocycles. The van der Waals surface area contributed by atoms with Crippen LogP contribution in [-0.2, 0) is 0 Å². The zero-order valence-corrected chi connectivity index (χ0v) is 9.15. The quantitative estimate of drug-likeness (QED) is 0.801. The number of anilines is 2. The summed E-state index contributed by atoms with van der Waals surface area (Å²) in [6, 6.07) is 6.40. The Morgan fingerprint density at radius 2 is 2.00 bits per heavy atom. The lowest BCUT2D eigenvalue weighted by Gasteiger charge is -2.06. The second-order valence-corrected chi connectivity index (χ2v) is 3.52.